The Labute approximate surface area is 119 Å². The van der Waals surface area contributed by atoms with Crippen LogP contribution in [-0.4, -0.2) is 13.1 Å². The predicted molar refractivity (Wildman–Crippen MR) is 80.9 cm³/mol. The molecule has 0 aliphatic heterocycles. The van der Waals surface area contributed by atoms with Gasteiger partial charge in [0.1, 0.15) is 0 Å². The van der Waals surface area contributed by atoms with Crippen LogP contribution in [0.25, 0.3) is 0 Å². The van der Waals surface area contributed by atoms with E-state index < -0.39 is 0 Å². The Hall–Kier alpha value is -0.970. The molecule has 19 heavy (non-hydrogen) atoms. The molecule has 0 aromatic rings. The van der Waals surface area contributed by atoms with Crippen molar-refractivity contribution in [1.82, 2.24) is 0 Å². The Morgan fingerprint density at radius 3 is 1.89 bits per heavy atom. The van der Waals surface area contributed by atoms with Crippen molar-refractivity contribution in [2.24, 2.45) is 0 Å². The normalized spacial score (nSPS) is 9.79. The number of methoxy groups -OCH3 is 1. The summed E-state index contributed by atoms with van der Waals surface area (Å²) in [5.41, 5.74) is 0. The zero-order valence-electron chi connectivity index (χ0n) is 12.8. The van der Waals surface area contributed by atoms with Crippen molar-refractivity contribution >= 4 is 5.97 Å². The number of ether oxygens (including phenoxy) is 1. The van der Waals surface area contributed by atoms with Crippen LogP contribution in [0.15, 0.2) is 0 Å². The van der Waals surface area contributed by atoms with Crippen molar-refractivity contribution in [1.29, 1.82) is 0 Å². The molecule has 0 aliphatic rings. The van der Waals surface area contributed by atoms with Crippen LogP contribution in [0.4, 0.5) is 0 Å². The van der Waals surface area contributed by atoms with Gasteiger partial charge >= 0.3 is 5.97 Å². The van der Waals surface area contributed by atoms with Crippen molar-refractivity contribution < 1.29 is 9.53 Å². The molecule has 0 rings (SSSR count). The lowest BCUT2D eigenvalue weighted by molar-refractivity contribution is -0.140. The van der Waals surface area contributed by atoms with Gasteiger partial charge in [-0.2, -0.15) is 0 Å². The highest BCUT2D eigenvalue weighted by Gasteiger charge is 1.98. The first-order valence-electron chi connectivity index (χ1n) is 7.83. The summed E-state index contributed by atoms with van der Waals surface area (Å²) in [5, 5.41) is 0. The molecule has 0 bridgehead atoms. The number of hydrogen-bond acceptors (Lipinski definition) is 2. The molecule has 0 aromatic carbocycles. The van der Waals surface area contributed by atoms with Crippen LogP contribution in [0.3, 0.4) is 0 Å². The van der Waals surface area contributed by atoms with Crippen LogP contribution < -0.4 is 0 Å². The number of esters is 1. The fourth-order valence-electron chi connectivity index (χ4n) is 1.93. The van der Waals surface area contributed by atoms with Gasteiger partial charge in [-0.05, 0) is 19.3 Å². The first-order valence-corrected chi connectivity index (χ1v) is 7.83. The van der Waals surface area contributed by atoms with Gasteiger partial charge in [-0.25, -0.2) is 0 Å². The second kappa shape index (κ2) is 15.1. The zero-order valence-corrected chi connectivity index (χ0v) is 12.8. The van der Waals surface area contributed by atoms with E-state index in [9.17, 15) is 4.79 Å². The predicted octanol–water partition coefficient (Wildman–Crippen LogP) is 4.86. The Kier molecular flexibility index (Phi) is 14.3. The molecule has 0 spiro atoms. The fraction of sp³-hybridized carbons (Fsp3) is 0.824. The van der Waals surface area contributed by atoms with E-state index >= 15 is 0 Å². The molecule has 0 saturated carbocycles. The third-order valence-electron chi connectivity index (χ3n) is 3.19. The van der Waals surface area contributed by atoms with E-state index in [1.807, 2.05) is 0 Å². The van der Waals surface area contributed by atoms with Gasteiger partial charge < -0.3 is 4.74 Å². The fourth-order valence-corrected chi connectivity index (χ4v) is 1.93. The molecule has 0 amide bonds. The molecule has 2 nitrogen and oxygen atoms in total. The maximum atomic E-state index is 10.9. The minimum atomic E-state index is -0.0946. The summed E-state index contributed by atoms with van der Waals surface area (Å²) in [5.74, 6) is 6.41. The average Bonchev–Trinajstić information content (AvgIpc) is 2.43. The van der Waals surface area contributed by atoms with Crippen molar-refractivity contribution in [3.8, 4) is 11.8 Å². The molecule has 0 radical (unpaired) electrons. The molecule has 0 saturated heterocycles. The second-order valence-electron chi connectivity index (χ2n) is 5.01. The van der Waals surface area contributed by atoms with Gasteiger partial charge in [0.2, 0.25) is 0 Å². The van der Waals surface area contributed by atoms with Gasteiger partial charge in [0.25, 0.3) is 0 Å². The number of carbonyl (C=O) groups excluding carboxylic acids is 1. The zero-order chi connectivity index (χ0) is 14.2. The lowest BCUT2D eigenvalue weighted by Crippen LogP contribution is -1.98. The Bertz CT molecular complexity index is 260. The number of unbranched alkanes of at least 4 members (excludes halogenated alkanes) is 9. The summed E-state index contributed by atoms with van der Waals surface area (Å²) < 4.78 is 4.60. The molecule has 2 heteroatoms. The second-order valence-corrected chi connectivity index (χ2v) is 5.01. The molecular formula is C17H30O2. The van der Waals surface area contributed by atoms with Gasteiger partial charge in [0, 0.05) is 19.3 Å². The van der Waals surface area contributed by atoms with Crippen LogP contribution in [0.1, 0.15) is 84.0 Å². The van der Waals surface area contributed by atoms with Crippen LogP contribution >= 0.6 is 0 Å². The van der Waals surface area contributed by atoms with Gasteiger partial charge in [-0.15, -0.1) is 11.8 Å². The van der Waals surface area contributed by atoms with Crippen molar-refractivity contribution in [3.05, 3.63) is 0 Å². The maximum Gasteiger partial charge on any atom is 0.305 e. The van der Waals surface area contributed by atoms with Crippen LogP contribution in [0, 0.1) is 11.8 Å². The molecule has 0 atom stereocenters. The minimum absolute atomic E-state index is 0.0946. The van der Waals surface area contributed by atoms with E-state index in [1.54, 1.807) is 0 Å². The highest BCUT2D eigenvalue weighted by molar-refractivity contribution is 5.68. The molecule has 0 N–H and O–H groups in total. The lowest BCUT2D eigenvalue weighted by Gasteiger charge is -1.98. The van der Waals surface area contributed by atoms with E-state index in [0.717, 1.165) is 32.1 Å². The highest BCUT2D eigenvalue weighted by atomic mass is 16.5. The molecule has 0 aromatic heterocycles. The summed E-state index contributed by atoms with van der Waals surface area (Å²) in [6, 6.07) is 0. The van der Waals surface area contributed by atoms with E-state index in [0.29, 0.717) is 6.42 Å². The average molecular weight is 266 g/mol. The SMILES string of the molecule is CCCCCCCC#CCCCCCCC(=O)OC. The molecule has 0 heterocycles. The van der Waals surface area contributed by atoms with Gasteiger partial charge in [-0.3, -0.25) is 4.79 Å². The Morgan fingerprint density at radius 2 is 1.37 bits per heavy atom. The summed E-state index contributed by atoms with van der Waals surface area (Å²) >= 11 is 0. The molecule has 110 valence electrons. The van der Waals surface area contributed by atoms with Crippen LogP contribution in [-0.2, 0) is 9.53 Å². The standard InChI is InChI=1S/C17H30O2/c1-3-4-5-6-7-8-9-10-11-12-13-14-15-16-17(18)19-2/h3-8,11-16H2,1-2H3. The summed E-state index contributed by atoms with van der Waals surface area (Å²) in [4.78, 5) is 10.9. The number of carbonyl (C=O) groups is 1. The van der Waals surface area contributed by atoms with E-state index in [2.05, 4.69) is 23.5 Å². The topological polar surface area (TPSA) is 26.3 Å². The smallest absolute Gasteiger partial charge is 0.305 e. The van der Waals surface area contributed by atoms with E-state index in [-0.39, 0.29) is 5.97 Å². The molecule has 0 unspecified atom stereocenters. The minimum Gasteiger partial charge on any atom is -0.469 e. The first kappa shape index (κ1) is 18.0. The lowest BCUT2D eigenvalue weighted by atomic mass is 10.1. The third-order valence-corrected chi connectivity index (χ3v) is 3.19. The van der Waals surface area contributed by atoms with Gasteiger partial charge in [0.05, 0.1) is 7.11 Å². The van der Waals surface area contributed by atoms with E-state index in [1.165, 1.54) is 45.6 Å². The molecule has 0 aliphatic carbocycles. The number of rotatable bonds is 11. The maximum absolute atomic E-state index is 10.9. The summed E-state index contributed by atoms with van der Waals surface area (Å²) in [6.07, 6.45) is 13.6. The molecule has 0 fully saturated rings. The third kappa shape index (κ3) is 15.0. The van der Waals surface area contributed by atoms with Crippen LogP contribution in [0.5, 0.6) is 0 Å². The summed E-state index contributed by atoms with van der Waals surface area (Å²) in [7, 11) is 1.44. The quantitative estimate of drug-likeness (QED) is 0.303. The van der Waals surface area contributed by atoms with Gasteiger partial charge in [0.15, 0.2) is 0 Å². The monoisotopic (exact) mass is 266 g/mol. The van der Waals surface area contributed by atoms with Gasteiger partial charge in [-0.1, -0.05) is 45.4 Å². The summed E-state index contributed by atoms with van der Waals surface area (Å²) in [6.45, 7) is 2.24. The van der Waals surface area contributed by atoms with Crippen molar-refractivity contribution in [3.63, 3.8) is 0 Å². The van der Waals surface area contributed by atoms with Crippen LogP contribution in [0.2, 0.25) is 0 Å². The highest BCUT2D eigenvalue weighted by Crippen LogP contribution is 2.06. The number of hydrogen-bond donors (Lipinski definition) is 0. The Morgan fingerprint density at radius 1 is 0.842 bits per heavy atom. The van der Waals surface area contributed by atoms with Crippen molar-refractivity contribution in [2.75, 3.05) is 7.11 Å². The molecular weight excluding hydrogens is 236 g/mol. The Balaban J connectivity index is 3.15. The largest absolute Gasteiger partial charge is 0.469 e. The van der Waals surface area contributed by atoms with Crippen molar-refractivity contribution in [2.45, 2.75) is 84.0 Å². The van der Waals surface area contributed by atoms with E-state index in [4.69, 9.17) is 0 Å². The first-order chi connectivity index (χ1) is 9.31.